The van der Waals surface area contributed by atoms with Crippen LogP contribution in [0.4, 0.5) is 0 Å². The van der Waals surface area contributed by atoms with Gasteiger partial charge in [-0.15, -0.1) is 0 Å². The van der Waals surface area contributed by atoms with Crippen molar-refractivity contribution in [1.82, 2.24) is 0 Å². The summed E-state index contributed by atoms with van der Waals surface area (Å²) in [7, 11) is 6.02. The smallest absolute Gasteiger partial charge is 0.338 e. The summed E-state index contributed by atoms with van der Waals surface area (Å²) in [6.45, 7) is 0. The summed E-state index contributed by atoms with van der Waals surface area (Å²) >= 11 is 0. The first kappa shape index (κ1) is 14.0. The van der Waals surface area contributed by atoms with Gasteiger partial charge in [-0.25, -0.2) is 4.79 Å². The van der Waals surface area contributed by atoms with Crippen molar-refractivity contribution in [3.8, 4) is 17.2 Å². The number of benzene rings is 2. The average Bonchev–Trinajstić information content (AvgIpc) is 2.51. The van der Waals surface area contributed by atoms with Crippen LogP contribution in [0, 0.1) is 0 Å². The minimum atomic E-state index is -0.424. The second-order valence-corrected chi connectivity index (χ2v) is 4.10. The lowest BCUT2D eigenvalue weighted by Gasteiger charge is -2.13. The van der Waals surface area contributed by atoms with Crippen molar-refractivity contribution in [2.45, 2.75) is 0 Å². The molecule has 106 valence electrons. The molecule has 0 aromatic heterocycles. The Hall–Kier alpha value is -2.43. The normalized spacial score (nSPS) is 10.2. The predicted molar refractivity (Wildman–Crippen MR) is 74.9 cm³/mol. The van der Waals surface area contributed by atoms with E-state index in [-0.39, 0.29) is 0 Å². The van der Waals surface area contributed by atoms with E-state index < -0.39 is 5.97 Å². The highest BCUT2D eigenvalue weighted by atomic mass is 16.5. The lowest BCUT2D eigenvalue weighted by atomic mass is 10.0. The van der Waals surface area contributed by atoms with Crippen molar-refractivity contribution < 1.29 is 23.7 Å². The molecule has 0 aliphatic carbocycles. The predicted octanol–water partition coefficient (Wildman–Crippen LogP) is 2.65. The van der Waals surface area contributed by atoms with E-state index in [4.69, 9.17) is 18.9 Å². The van der Waals surface area contributed by atoms with Gasteiger partial charge in [0.2, 0.25) is 0 Å². The molecule has 0 spiro atoms. The lowest BCUT2D eigenvalue weighted by Crippen LogP contribution is -2.02. The second kappa shape index (κ2) is 5.69. The first-order chi connectivity index (χ1) is 9.64. The van der Waals surface area contributed by atoms with Crippen LogP contribution in [0.25, 0.3) is 10.8 Å². The summed E-state index contributed by atoms with van der Waals surface area (Å²) in [5.41, 5.74) is 0.409. The van der Waals surface area contributed by atoms with Crippen LogP contribution < -0.4 is 14.2 Å². The number of carbonyl (C=O) groups excluding carboxylic acids is 1. The fraction of sp³-hybridized carbons (Fsp3) is 0.267. The van der Waals surface area contributed by atoms with Gasteiger partial charge in [0.15, 0.2) is 0 Å². The molecule has 2 aromatic carbocycles. The molecule has 0 aliphatic heterocycles. The van der Waals surface area contributed by atoms with Crippen molar-refractivity contribution in [3.05, 3.63) is 29.8 Å². The fourth-order valence-electron chi connectivity index (χ4n) is 2.09. The number of rotatable bonds is 4. The molecule has 0 unspecified atom stereocenters. The number of hydrogen-bond acceptors (Lipinski definition) is 5. The van der Waals surface area contributed by atoms with Crippen molar-refractivity contribution >= 4 is 16.7 Å². The average molecular weight is 276 g/mol. The molecule has 2 rings (SSSR count). The highest BCUT2D eigenvalue weighted by Gasteiger charge is 2.15. The monoisotopic (exact) mass is 276 g/mol. The number of esters is 1. The maximum absolute atomic E-state index is 11.7. The van der Waals surface area contributed by atoms with E-state index in [9.17, 15) is 4.79 Å². The van der Waals surface area contributed by atoms with Crippen LogP contribution in [0.15, 0.2) is 24.3 Å². The molecule has 0 atom stereocenters. The Balaban J connectivity index is 2.79. The summed E-state index contributed by atoms with van der Waals surface area (Å²) in [5, 5.41) is 1.56. The number of carbonyl (C=O) groups is 1. The lowest BCUT2D eigenvalue weighted by molar-refractivity contribution is 0.0600. The van der Waals surface area contributed by atoms with Gasteiger partial charge in [-0.2, -0.15) is 0 Å². The number of methoxy groups -OCH3 is 4. The van der Waals surface area contributed by atoms with Crippen molar-refractivity contribution in [2.24, 2.45) is 0 Å². The van der Waals surface area contributed by atoms with Crippen LogP contribution in [0.3, 0.4) is 0 Å². The molecule has 0 fully saturated rings. The van der Waals surface area contributed by atoms with Crippen LogP contribution in [-0.4, -0.2) is 34.4 Å². The third-order valence-electron chi connectivity index (χ3n) is 3.05. The quantitative estimate of drug-likeness (QED) is 0.803. The van der Waals surface area contributed by atoms with Crippen LogP contribution in [-0.2, 0) is 4.74 Å². The zero-order valence-electron chi connectivity index (χ0n) is 11.9. The van der Waals surface area contributed by atoms with E-state index in [2.05, 4.69) is 0 Å². The van der Waals surface area contributed by atoms with E-state index in [1.54, 1.807) is 39.5 Å². The Morgan fingerprint density at radius 1 is 0.850 bits per heavy atom. The molecule has 5 heteroatoms. The Morgan fingerprint density at radius 2 is 1.50 bits per heavy atom. The van der Waals surface area contributed by atoms with Crippen molar-refractivity contribution in [3.63, 3.8) is 0 Å². The van der Waals surface area contributed by atoms with Gasteiger partial charge in [0.05, 0.1) is 39.4 Å². The van der Waals surface area contributed by atoms with Gasteiger partial charge < -0.3 is 18.9 Å². The molecular weight excluding hydrogens is 260 g/mol. The zero-order chi connectivity index (χ0) is 14.7. The van der Waals surface area contributed by atoms with Crippen LogP contribution in [0.2, 0.25) is 0 Å². The summed E-state index contributed by atoms with van der Waals surface area (Å²) < 4.78 is 20.7. The minimum Gasteiger partial charge on any atom is -0.497 e. The molecule has 0 radical (unpaired) electrons. The van der Waals surface area contributed by atoms with Gasteiger partial charge in [0.1, 0.15) is 17.2 Å². The standard InChI is InChI=1S/C15H16O5/c1-17-11-6-9-5-10(15(16)20-4)7-12(18-2)14(9)13(8-11)19-3/h5-8H,1-4H3. The van der Waals surface area contributed by atoms with E-state index >= 15 is 0 Å². The Labute approximate surface area is 117 Å². The van der Waals surface area contributed by atoms with Gasteiger partial charge in [0, 0.05) is 6.07 Å². The van der Waals surface area contributed by atoms with Gasteiger partial charge in [-0.05, 0) is 23.6 Å². The topological polar surface area (TPSA) is 54.0 Å². The molecule has 0 N–H and O–H groups in total. The van der Waals surface area contributed by atoms with E-state index in [0.717, 1.165) is 10.8 Å². The molecule has 0 amide bonds. The Morgan fingerprint density at radius 3 is 2.05 bits per heavy atom. The summed E-state index contributed by atoms with van der Waals surface area (Å²) in [6, 6.07) is 6.92. The minimum absolute atomic E-state index is 0.409. The van der Waals surface area contributed by atoms with Crippen LogP contribution in [0.1, 0.15) is 10.4 Å². The van der Waals surface area contributed by atoms with E-state index in [1.165, 1.54) is 7.11 Å². The highest BCUT2D eigenvalue weighted by Crippen LogP contribution is 2.38. The highest BCUT2D eigenvalue weighted by molar-refractivity contribution is 6.01. The first-order valence-electron chi connectivity index (χ1n) is 5.96. The zero-order valence-corrected chi connectivity index (χ0v) is 11.9. The molecule has 0 heterocycles. The molecule has 2 aromatic rings. The van der Waals surface area contributed by atoms with E-state index in [0.29, 0.717) is 22.8 Å². The summed E-state index contributed by atoms with van der Waals surface area (Å²) in [6.07, 6.45) is 0. The summed E-state index contributed by atoms with van der Waals surface area (Å²) in [5.74, 6) is 1.38. The maximum atomic E-state index is 11.7. The molecule has 0 saturated carbocycles. The maximum Gasteiger partial charge on any atom is 0.338 e. The van der Waals surface area contributed by atoms with Crippen molar-refractivity contribution in [1.29, 1.82) is 0 Å². The Kier molecular flexibility index (Phi) is 3.98. The van der Waals surface area contributed by atoms with Gasteiger partial charge in [-0.1, -0.05) is 0 Å². The fourth-order valence-corrected chi connectivity index (χ4v) is 2.09. The van der Waals surface area contributed by atoms with Crippen LogP contribution >= 0.6 is 0 Å². The van der Waals surface area contributed by atoms with E-state index in [1.807, 2.05) is 6.07 Å². The third-order valence-corrected chi connectivity index (χ3v) is 3.05. The van der Waals surface area contributed by atoms with Crippen molar-refractivity contribution in [2.75, 3.05) is 28.4 Å². The third kappa shape index (κ3) is 2.34. The molecule has 0 aliphatic rings. The molecule has 0 saturated heterocycles. The molecule has 20 heavy (non-hydrogen) atoms. The number of hydrogen-bond donors (Lipinski definition) is 0. The van der Waals surface area contributed by atoms with Crippen LogP contribution in [0.5, 0.6) is 17.2 Å². The number of fused-ring (bicyclic) bond motifs is 1. The largest absolute Gasteiger partial charge is 0.497 e. The molecular formula is C15H16O5. The Bertz CT molecular complexity index is 648. The van der Waals surface area contributed by atoms with Gasteiger partial charge in [0.25, 0.3) is 0 Å². The van der Waals surface area contributed by atoms with Gasteiger partial charge in [-0.3, -0.25) is 0 Å². The molecule has 0 bridgehead atoms. The number of ether oxygens (including phenoxy) is 4. The second-order valence-electron chi connectivity index (χ2n) is 4.10. The molecule has 5 nitrogen and oxygen atoms in total. The van der Waals surface area contributed by atoms with Gasteiger partial charge >= 0.3 is 5.97 Å². The summed E-state index contributed by atoms with van der Waals surface area (Å²) in [4.78, 5) is 11.7. The first-order valence-corrected chi connectivity index (χ1v) is 5.96. The SMILES string of the molecule is COC(=O)c1cc(OC)c2c(OC)cc(OC)cc2c1.